The number of aliphatic hydroxyl groups is 1. The minimum absolute atomic E-state index is 0.0601. The van der Waals surface area contributed by atoms with Crippen molar-refractivity contribution in [2.75, 3.05) is 0 Å². The fourth-order valence-electron chi connectivity index (χ4n) is 2.21. The SMILES string of the molecule is Cc1nc(S[C@H](C)C(O)=C(C#N)c2nc3ccccc3[nH]2)oc1C. The highest BCUT2D eigenvalue weighted by molar-refractivity contribution is 7.99. The standard InChI is InChI=1S/C17H16N4O2S/c1-9-10(2)23-17(19-9)24-11(3)15(22)12(8-18)16-20-13-6-4-5-7-14(13)21-16/h4-7,11,22H,1-3H3,(H,20,21)/t11-/m1/s1. The van der Waals surface area contributed by atoms with Crippen LogP contribution in [0.2, 0.25) is 0 Å². The number of para-hydroxylation sites is 2. The number of aliphatic hydroxyl groups excluding tert-OH is 1. The molecule has 2 aromatic heterocycles. The Kier molecular flexibility index (Phi) is 4.32. The summed E-state index contributed by atoms with van der Waals surface area (Å²) >= 11 is 1.25. The first kappa shape index (κ1) is 16.1. The second-order valence-electron chi connectivity index (χ2n) is 5.36. The maximum Gasteiger partial charge on any atom is 0.256 e. The van der Waals surface area contributed by atoms with Gasteiger partial charge in [0.25, 0.3) is 5.22 Å². The molecule has 0 aliphatic heterocycles. The van der Waals surface area contributed by atoms with Gasteiger partial charge in [-0.2, -0.15) is 5.26 Å². The van der Waals surface area contributed by atoms with E-state index in [9.17, 15) is 10.4 Å². The van der Waals surface area contributed by atoms with Gasteiger partial charge in [-0.15, -0.1) is 0 Å². The summed E-state index contributed by atoms with van der Waals surface area (Å²) in [5, 5.41) is 20.0. The average molecular weight is 340 g/mol. The number of H-pyrrole nitrogens is 1. The van der Waals surface area contributed by atoms with Crippen LogP contribution in [0.3, 0.4) is 0 Å². The number of thioether (sulfide) groups is 1. The zero-order valence-electron chi connectivity index (χ0n) is 13.5. The van der Waals surface area contributed by atoms with Gasteiger partial charge in [0.1, 0.15) is 23.2 Å². The molecule has 3 rings (SSSR count). The van der Waals surface area contributed by atoms with Gasteiger partial charge in [-0.1, -0.05) is 23.9 Å². The maximum absolute atomic E-state index is 10.5. The molecular formula is C17H16N4O2S. The Morgan fingerprint density at radius 2 is 2.08 bits per heavy atom. The van der Waals surface area contributed by atoms with Gasteiger partial charge < -0.3 is 14.5 Å². The first-order chi connectivity index (χ1) is 11.5. The topological polar surface area (TPSA) is 98.7 Å². The van der Waals surface area contributed by atoms with Gasteiger partial charge in [-0.05, 0) is 32.9 Å². The summed E-state index contributed by atoms with van der Waals surface area (Å²) in [7, 11) is 0. The number of benzene rings is 1. The predicted octanol–water partition coefficient (Wildman–Crippen LogP) is 4.14. The van der Waals surface area contributed by atoms with E-state index in [1.54, 1.807) is 6.92 Å². The molecule has 2 heterocycles. The van der Waals surface area contributed by atoms with Crippen LogP contribution in [0.25, 0.3) is 16.6 Å². The van der Waals surface area contributed by atoms with Gasteiger partial charge >= 0.3 is 0 Å². The van der Waals surface area contributed by atoms with Crippen LogP contribution >= 0.6 is 11.8 Å². The molecule has 2 N–H and O–H groups in total. The number of aryl methyl sites for hydroxylation is 2. The summed E-state index contributed by atoms with van der Waals surface area (Å²) in [6.45, 7) is 5.48. The molecule has 1 atom stereocenters. The van der Waals surface area contributed by atoms with Crippen LogP contribution in [0.15, 0.2) is 39.7 Å². The van der Waals surface area contributed by atoms with Crippen molar-refractivity contribution < 1.29 is 9.52 Å². The highest BCUT2D eigenvalue weighted by atomic mass is 32.2. The summed E-state index contributed by atoms with van der Waals surface area (Å²) in [6, 6.07) is 9.50. The minimum Gasteiger partial charge on any atom is -0.510 e. The number of aromatic nitrogens is 3. The van der Waals surface area contributed by atoms with E-state index in [1.165, 1.54) is 11.8 Å². The quantitative estimate of drug-likeness (QED) is 0.421. The summed E-state index contributed by atoms with van der Waals surface area (Å²) in [4.78, 5) is 11.7. The van der Waals surface area contributed by atoms with E-state index in [2.05, 4.69) is 15.0 Å². The lowest BCUT2D eigenvalue weighted by atomic mass is 10.2. The molecule has 0 fully saturated rings. The Balaban J connectivity index is 1.92. The Morgan fingerprint density at radius 3 is 2.71 bits per heavy atom. The van der Waals surface area contributed by atoms with E-state index in [4.69, 9.17) is 4.42 Å². The second kappa shape index (κ2) is 6.42. The Hall–Kier alpha value is -2.72. The molecule has 0 bridgehead atoms. The van der Waals surface area contributed by atoms with Gasteiger partial charge in [-0.25, -0.2) is 9.97 Å². The number of hydrogen-bond acceptors (Lipinski definition) is 6. The van der Waals surface area contributed by atoms with Crippen LogP contribution in [-0.2, 0) is 0 Å². The molecule has 0 aliphatic carbocycles. The van der Waals surface area contributed by atoms with E-state index < -0.39 is 5.25 Å². The lowest BCUT2D eigenvalue weighted by Gasteiger charge is -2.09. The zero-order valence-corrected chi connectivity index (χ0v) is 14.3. The van der Waals surface area contributed by atoms with Gasteiger partial charge in [0.15, 0.2) is 5.82 Å². The molecule has 0 radical (unpaired) electrons. The lowest BCUT2D eigenvalue weighted by molar-refractivity contribution is 0.397. The highest BCUT2D eigenvalue weighted by Gasteiger charge is 2.21. The molecular weight excluding hydrogens is 324 g/mol. The first-order valence-corrected chi connectivity index (χ1v) is 8.26. The van der Waals surface area contributed by atoms with Gasteiger partial charge in [0, 0.05) is 0 Å². The Bertz CT molecular complexity index is 912. The van der Waals surface area contributed by atoms with Crippen molar-refractivity contribution >= 4 is 28.4 Å². The summed E-state index contributed by atoms with van der Waals surface area (Å²) in [5.74, 6) is 1.03. The molecule has 24 heavy (non-hydrogen) atoms. The number of aromatic amines is 1. The predicted molar refractivity (Wildman–Crippen MR) is 92.6 cm³/mol. The fourth-order valence-corrected chi connectivity index (χ4v) is 3.10. The van der Waals surface area contributed by atoms with Crippen molar-refractivity contribution in [1.29, 1.82) is 5.26 Å². The van der Waals surface area contributed by atoms with E-state index in [0.717, 1.165) is 22.5 Å². The second-order valence-corrected chi connectivity index (χ2v) is 6.65. The van der Waals surface area contributed by atoms with Crippen LogP contribution in [0, 0.1) is 25.2 Å². The van der Waals surface area contributed by atoms with E-state index in [1.807, 2.05) is 44.2 Å². The number of allylic oxidation sites excluding steroid dienone is 1. The zero-order chi connectivity index (χ0) is 17.3. The first-order valence-electron chi connectivity index (χ1n) is 7.38. The average Bonchev–Trinajstić information content (AvgIpc) is 3.11. The molecule has 0 spiro atoms. The molecule has 0 saturated heterocycles. The van der Waals surface area contributed by atoms with E-state index in [-0.39, 0.29) is 11.3 Å². The molecule has 1 aromatic carbocycles. The number of nitrogens with one attached hydrogen (secondary N) is 1. The maximum atomic E-state index is 10.5. The molecule has 0 aliphatic rings. The van der Waals surface area contributed by atoms with Crippen LogP contribution in [0.4, 0.5) is 0 Å². The molecule has 6 nitrogen and oxygen atoms in total. The molecule has 0 amide bonds. The van der Waals surface area contributed by atoms with Gasteiger partial charge in [0.05, 0.1) is 22.0 Å². The van der Waals surface area contributed by atoms with Gasteiger partial charge in [-0.3, -0.25) is 0 Å². The molecule has 3 aromatic rings. The summed E-state index contributed by atoms with van der Waals surface area (Å²) < 4.78 is 5.51. The van der Waals surface area contributed by atoms with E-state index in [0.29, 0.717) is 11.0 Å². The van der Waals surface area contributed by atoms with Crippen LogP contribution in [0.5, 0.6) is 0 Å². The lowest BCUT2D eigenvalue weighted by Crippen LogP contribution is -2.04. The number of rotatable bonds is 4. The van der Waals surface area contributed by atoms with Crippen LogP contribution in [0.1, 0.15) is 24.2 Å². The number of hydrogen-bond donors (Lipinski definition) is 2. The summed E-state index contributed by atoms with van der Waals surface area (Å²) in [6.07, 6.45) is 0. The number of nitrogens with zero attached hydrogens (tertiary/aromatic N) is 3. The third kappa shape index (κ3) is 3.01. The van der Waals surface area contributed by atoms with Crippen molar-refractivity contribution in [3.8, 4) is 6.07 Å². The van der Waals surface area contributed by atoms with Crippen LogP contribution < -0.4 is 0 Å². The van der Waals surface area contributed by atoms with Gasteiger partial charge in [0.2, 0.25) is 0 Å². The minimum atomic E-state index is -0.398. The number of nitriles is 1. The van der Waals surface area contributed by atoms with Crippen molar-refractivity contribution in [3.05, 3.63) is 47.3 Å². The normalized spacial score (nSPS) is 13.6. The Morgan fingerprint density at radius 1 is 1.33 bits per heavy atom. The third-order valence-electron chi connectivity index (χ3n) is 3.67. The molecule has 7 heteroatoms. The van der Waals surface area contributed by atoms with E-state index >= 15 is 0 Å². The van der Waals surface area contributed by atoms with Crippen molar-refractivity contribution in [1.82, 2.24) is 15.0 Å². The van der Waals surface area contributed by atoms with Crippen molar-refractivity contribution in [2.24, 2.45) is 0 Å². The third-order valence-corrected chi connectivity index (χ3v) is 4.62. The van der Waals surface area contributed by atoms with Crippen molar-refractivity contribution in [2.45, 2.75) is 31.2 Å². The molecule has 122 valence electrons. The smallest absolute Gasteiger partial charge is 0.256 e. The number of oxazole rings is 1. The largest absolute Gasteiger partial charge is 0.510 e. The number of imidazole rings is 1. The van der Waals surface area contributed by atoms with Crippen LogP contribution in [-0.4, -0.2) is 25.3 Å². The summed E-state index contributed by atoms with van der Waals surface area (Å²) in [5.41, 5.74) is 2.48. The Labute approximate surface area is 143 Å². The monoisotopic (exact) mass is 340 g/mol. The van der Waals surface area contributed by atoms with Crippen molar-refractivity contribution in [3.63, 3.8) is 0 Å². The highest BCUT2D eigenvalue weighted by Crippen LogP contribution is 2.31. The fraction of sp³-hybridized carbons (Fsp3) is 0.235. The molecule has 0 saturated carbocycles. The number of fused-ring (bicyclic) bond motifs is 1. The molecule has 0 unspecified atom stereocenters.